The molecule has 2 aliphatic rings. The second-order valence-electron chi connectivity index (χ2n) is 6.82. The summed E-state index contributed by atoms with van der Waals surface area (Å²) in [6, 6.07) is 0.705. The number of hydrogen-bond donors (Lipinski definition) is 1. The van der Waals surface area contributed by atoms with E-state index in [1.54, 1.807) is 11.3 Å². The summed E-state index contributed by atoms with van der Waals surface area (Å²) < 4.78 is 0. The summed E-state index contributed by atoms with van der Waals surface area (Å²) in [4.78, 5) is 16.6. The second kappa shape index (κ2) is 9.91. The predicted molar refractivity (Wildman–Crippen MR) is 117 cm³/mol. The molecule has 1 unspecified atom stereocenters. The zero-order valence-corrected chi connectivity index (χ0v) is 18.7. The van der Waals surface area contributed by atoms with Gasteiger partial charge in [-0.05, 0) is 39.3 Å². The van der Waals surface area contributed by atoms with Crippen molar-refractivity contribution < 1.29 is 0 Å². The lowest BCUT2D eigenvalue weighted by Gasteiger charge is -2.25. The first-order chi connectivity index (χ1) is 11.7. The summed E-state index contributed by atoms with van der Waals surface area (Å²) in [5.74, 6) is 1.04. The van der Waals surface area contributed by atoms with Gasteiger partial charge in [0, 0.05) is 45.2 Å². The fraction of sp³-hybridized carbons (Fsp3) is 0.765. The molecule has 0 aliphatic carbocycles. The number of likely N-dealkylation sites (tertiary alicyclic amines) is 2. The monoisotopic (exact) mass is 478 g/mol. The van der Waals surface area contributed by atoms with E-state index in [4.69, 9.17) is 4.99 Å². The van der Waals surface area contributed by atoms with Gasteiger partial charge < -0.3 is 15.1 Å². The van der Waals surface area contributed by atoms with Crippen LogP contribution in [0.1, 0.15) is 31.9 Å². The Morgan fingerprint density at radius 1 is 1.36 bits per heavy atom. The number of thiazole rings is 1. The summed E-state index contributed by atoms with van der Waals surface area (Å²) in [7, 11) is 4.05. The Morgan fingerprint density at radius 3 is 2.76 bits per heavy atom. The van der Waals surface area contributed by atoms with E-state index in [1.807, 2.05) is 19.0 Å². The molecule has 1 N–H and O–H groups in total. The minimum atomic E-state index is 0. The molecule has 25 heavy (non-hydrogen) atoms. The maximum Gasteiger partial charge on any atom is 0.194 e. The summed E-state index contributed by atoms with van der Waals surface area (Å²) in [6.07, 6.45) is 3.98. The molecule has 2 saturated heterocycles. The van der Waals surface area contributed by atoms with E-state index < -0.39 is 0 Å². The summed E-state index contributed by atoms with van der Waals surface area (Å²) in [6.45, 7) is 8.45. The number of nitrogens with zero attached hydrogens (tertiary/aromatic N) is 5. The molecule has 6 nitrogen and oxygen atoms in total. The van der Waals surface area contributed by atoms with E-state index in [1.165, 1.54) is 32.4 Å². The number of hydrogen-bond acceptors (Lipinski definition) is 5. The average molecular weight is 478 g/mol. The van der Waals surface area contributed by atoms with Crippen LogP contribution in [0.5, 0.6) is 0 Å². The quantitative estimate of drug-likeness (QED) is 0.401. The molecular weight excluding hydrogens is 447 g/mol. The first-order valence-corrected chi connectivity index (χ1v) is 9.94. The predicted octanol–water partition coefficient (Wildman–Crippen LogP) is 2.46. The average Bonchev–Trinajstić information content (AvgIpc) is 3.32. The molecule has 142 valence electrons. The molecular formula is C17H31IN6S. The maximum absolute atomic E-state index is 4.84. The van der Waals surface area contributed by atoms with Crippen molar-refractivity contribution in [1.29, 1.82) is 0 Å². The Labute approximate surface area is 172 Å². The normalized spacial score (nSPS) is 21.5. The number of aliphatic imine (C=N–C) groups is 1. The van der Waals surface area contributed by atoms with Crippen LogP contribution < -0.4 is 10.2 Å². The highest BCUT2D eigenvalue weighted by atomic mass is 127. The third-order valence-corrected chi connectivity index (χ3v) is 5.83. The number of rotatable bonds is 5. The molecule has 2 aliphatic heterocycles. The minimum absolute atomic E-state index is 0. The topological polar surface area (TPSA) is 47.0 Å². The third kappa shape index (κ3) is 5.43. The minimum Gasteiger partial charge on any atom is -0.357 e. The van der Waals surface area contributed by atoms with Gasteiger partial charge in [-0.2, -0.15) is 0 Å². The Kier molecular flexibility index (Phi) is 8.21. The SMILES string of the molecule is CCNC(=NCc1csc(N(C)C)n1)N1CCC(N2CCCC2)C1.I. The molecule has 0 saturated carbocycles. The van der Waals surface area contributed by atoms with Gasteiger partial charge in [-0.3, -0.25) is 4.90 Å². The molecule has 0 amide bonds. The van der Waals surface area contributed by atoms with Crippen molar-refractivity contribution in [3.8, 4) is 0 Å². The van der Waals surface area contributed by atoms with Crippen LogP contribution in [0, 0.1) is 0 Å². The zero-order valence-electron chi connectivity index (χ0n) is 15.6. The summed E-state index contributed by atoms with van der Waals surface area (Å²) in [5, 5.41) is 6.61. The van der Waals surface area contributed by atoms with Crippen LogP contribution in [0.15, 0.2) is 10.4 Å². The standard InChI is InChI=1S/C17H30N6S.HI/c1-4-18-16(19-11-14-13-24-17(20-14)21(2)3)23-10-7-15(12-23)22-8-5-6-9-22;/h13,15H,4-12H2,1-3H3,(H,18,19);1H. The van der Waals surface area contributed by atoms with Crippen molar-refractivity contribution in [2.45, 2.75) is 38.8 Å². The fourth-order valence-electron chi connectivity index (χ4n) is 3.49. The van der Waals surface area contributed by atoms with E-state index in [0.29, 0.717) is 12.6 Å². The molecule has 8 heteroatoms. The van der Waals surface area contributed by atoms with Gasteiger partial charge in [0.1, 0.15) is 0 Å². The maximum atomic E-state index is 4.84. The van der Waals surface area contributed by atoms with Gasteiger partial charge in [0.25, 0.3) is 0 Å². The van der Waals surface area contributed by atoms with E-state index in [2.05, 4.69) is 32.4 Å². The molecule has 2 fully saturated rings. The lowest BCUT2D eigenvalue weighted by atomic mass is 10.2. The van der Waals surface area contributed by atoms with Crippen molar-refractivity contribution in [3.05, 3.63) is 11.1 Å². The smallest absolute Gasteiger partial charge is 0.194 e. The second-order valence-corrected chi connectivity index (χ2v) is 7.65. The number of halogens is 1. The summed E-state index contributed by atoms with van der Waals surface area (Å²) >= 11 is 1.68. The molecule has 0 aromatic carbocycles. The number of anilines is 1. The Bertz CT molecular complexity index is 555. The molecule has 0 radical (unpaired) electrons. The van der Waals surface area contributed by atoms with Crippen LogP contribution in [0.4, 0.5) is 5.13 Å². The van der Waals surface area contributed by atoms with Crippen LogP contribution in [-0.4, -0.2) is 73.6 Å². The highest BCUT2D eigenvalue weighted by Crippen LogP contribution is 2.21. The number of guanidine groups is 1. The van der Waals surface area contributed by atoms with E-state index in [9.17, 15) is 0 Å². The molecule has 3 heterocycles. The fourth-order valence-corrected chi connectivity index (χ4v) is 4.24. The Hall–Kier alpha value is -0.610. The van der Waals surface area contributed by atoms with Gasteiger partial charge in [0.2, 0.25) is 0 Å². The van der Waals surface area contributed by atoms with Crippen molar-refractivity contribution in [2.75, 3.05) is 51.7 Å². The van der Waals surface area contributed by atoms with E-state index >= 15 is 0 Å². The highest BCUT2D eigenvalue weighted by molar-refractivity contribution is 14.0. The molecule has 0 spiro atoms. The number of aromatic nitrogens is 1. The van der Waals surface area contributed by atoms with Gasteiger partial charge in [-0.25, -0.2) is 9.98 Å². The zero-order chi connectivity index (χ0) is 16.9. The highest BCUT2D eigenvalue weighted by Gasteiger charge is 2.30. The largest absolute Gasteiger partial charge is 0.357 e. The van der Waals surface area contributed by atoms with Gasteiger partial charge in [0.15, 0.2) is 11.1 Å². The summed E-state index contributed by atoms with van der Waals surface area (Å²) in [5.41, 5.74) is 1.05. The van der Waals surface area contributed by atoms with Gasteiger partial charge >= 0.3 is 0 Å². The van der Waals surface area contributed by atoms with Gasteiger partial charge in [-0.1, -0.05) is 0 Å². The molecule has 1 aromatic heterocycles. The van der Waals surface area contributed by atoms with E-state index in [0.717, 1.165) is 36.4 Å². The molecule has 3 rings (SSSR count). The lowest BCUT2D eigenvalue weighted by molar-refractivity contribution is 0.249. The first-order valence-electron chi connectivity index (χ1n) is 9.06. The van der Waals surface area contributed by atoms with Crippen molar-refractivity contribution in [1.82, 2.24) is 20.1 Å². The van der Waals surface area contributed by atoms with Crippen molar-refractivity contribution in [3.63, 3.8) is 0 Å². The molecule has 1 atom stereocenters. The first kappa shape index (κ1) is 20.7. The Morgan fingerprint density at radius 2 is 2.12 bits per heavy atom. The van der Waals surface area contributed by atoms with Crippen LogP contribution in [-0.2, 0) is 6.54 Å². The number of nitrogens with one attached hydrogen (secondary N) is 1. The lowest BCUT2D eigenvalue weighted by Crippen LogP contribution is -2.42. The van der Waals surface area contributed by atoms with Gasteiger partial charge in [0.05, 0.1) is 12.2 Å². The third-order valence-electron chi connectivity index (χ3n) is 4.77. The van der Waals surface area contributed by atoms with E-state index in [-0.39, 0.29) is 24.0 Å². The van der Waals surface area contributed by atoms with Crippen molar-refractivity contribution >= 4 is 46.4 Å². The van der Waals surface area contributed by atoms with Crippen LogP contribution in [0.25, 0.3) is 0 Å². The van der Waals surface area contributed by atoms with Crippen LogP contribution >= 0.6 is 35.3 Å². The molecule has 1 aromatic rings. The van der Waals surface area contributed by atoms with Crippen molar-refractivity contribution in [2.24, 2.45) is 4.99 Å². The van der Waals surface area contributed by atoms with Crippen LogP contribution in [0.3, 0.4) is 0 Å². The molecule has 0 bridgehead atoms. The van der Waals surface area contributed by atoms with Crippen LogP contribution in [0.2, 0.25) is 0 Å². The van der Waals surface area contributed by atoms with Gasteiger partial charge in [-0.15, -0.1) is 35.3 Å². The Balaban J connectivity index is 0.00000225.